The summed E-state index contributed by atoms with van der Waals surface area (Å²) in [7, 11) is -2.39. The van der Waals surface area contributed by atoms with Gasteiger partial charge in [-0.25, -0.2) is 12.8 Å². The molecule has 0 amide bonds. The largest absolute Gasteiger partial charge is 0.395 e. The summed E-state index contributed by atoms with van der Waals surface area (Å²) in [5, 5.41) is 8.97. The van der Waals surface area contributed by atoms with E-state index in [1.807, 2.05) is 0 Å². The highest BCUT2D eigenvalue weighted by molar-refractivity contribution is 7.89. The fourth-order valence-electron chi connectivity index (χ4n) is 1.39. The molecule has 0 heterocycles. The Balaban J connectivity index is 3.20. The number of nitrogens with two attached hydrogens (primary N) is 1. The predicted molar refractivity (Wildman–Crippen MR) is 65.8 cm³/mol. The predicted octanol–water partition coefficient (Wildman–Crippen LogP) is 0.286. The lowest BCUT2D eigenvalue weighted by Crippen LogP contribution is -2.37. The van der Waals surface area contributed by atoms with Crippen LogP contribution < -0.4 is 5.73 Å². The number of hydrogen-bond donors (Lipinski definition) is 2. The first kappa shape index (κ1) is 15.0. The summed E-state index contributed by atoms with van der Waals surface area (Å²) < 4.78 is 38.6. The SMILES string of the molecule is CC(CO)N(C)S(=O)(=O)c1ccc(F)c(CN)c1. The first-order valence-corrected chi connectivity index (χ1v) is 6.86. The Kier molecular flexibility index (Phi) is 4.80. The molecule has 0 fully saturated rings. The molecule has 0 bridgehead atoms. The summed E-state index contributed by atoms with van der Waals surface area (Å²) >= 11 is 0. The molecule has 0 aliphatic heterocycles. The quantitative estimate of drug-likeness (QED) is 0.809. The monoisotopic (exact) mass is 276 g/mol. The van der Waals surface area contributed by atoms with Gasteiger partial charge in [0.05, 0.1) is 11.5 Å². The highest BCUT2D eigenvalue weighted by Gasteiger charge is 2.25. The highest BCUT2D eigenvalue weighted by atomic mass is 32.2. The molecule has 0 aliphatic carbocycles. The normalized spacial score (nSPS) is 13.9. The summed E-state index contributed by atoms with van der Waals surface area (Å²) in [6.45, 7) is 1.21. The molecule has 0 saturated heterocycles. The molecule has 0 spiro atoms. The summed E-state index contributed by atoms with van der Waals surface area (Å²) in [6.07, 6.45) is 0. The van der Waals surface area contributed by atoms with Crippen molar-refractivity contribution >= 4 is 10.0 Å². The van der Waals surface area contributed by atoms with E-state index in [2.05, 4.69) is 0 Å². The van der Waals surface area contributed by atoms with E-state index in [1.165, 1.54) is 19.2 Å². The fourth-order valence-corrected chi connectivity index (χ4v) is 2.79. The highest BCUT2D eigenvalue weighted by Crippen LogP contribution is 2.19. The average molecular weight is 276 g/mol. The number of aliphatic hydroxyl groups is 1. The van der Waals surface area contributed by atoms with Crippen molar-refractivity contribution in [1.29, 1.82) is 0 Å². The van der Waals surface area contributed by atoms with E-state index >= 15 is 0 Å². The minimum Gasteiger partial charge on any atom is -0.395 e. The Morgan fingerprint density at radius 1 is 1.50 bits per heavy atom. The van der Waals surface area contributed by atoms with Gasteiger partial charge in [0.25, 0.3) is 0 Å². The fraction of sp³-hybridized carbons (Fsp3) is 0.455. The Morgan fingerprint density at radius 2 is 2.11 bits per heavy atom. The summed E-state index contributed by atoms with van der Waals surface area (Å²) in [4.78, 5) is -0.0350. The average Bonchev–Trinajstić information content (AvgIpc) is 2.37. The summed E-state index contributed by atoms with van der Waals surface area (Å²) in [5.74, 6) is -0.533. The van der Waals surface area contributed by atoms with Crippen LogP contribution in [0.3, 0.4) is 0 Å². The van der Waals surface area contributed by atoms with Crippen molar-refractivity contribution in [2.45, 2.75) is 24.4 Å². The number of aliphatic hydroxyl groups excluding tert-OH is 1. The molecule has 1 atom stereocenters. The second-order valence-electron chi connectivity index (χ2n) is 4.01. The second kappa shape index (κ2) is 5.75. The standard InChI is InChI=1S/C11H17FN2O3S/c1-8(7-15)14(2)18(16,17)10-3-4-11(12)9(5-10)6-13/h3-5,8,15H,6-7,13H2,1-2H3. The number of halogens is 1. The van der Waals surface area contributed by atoms with Gasteiger partial charge in [0, 0.05) is 25.2 Å². The van der Waals surface area contributed by atoms with Crippen molar-refractivity contribution in [3.8, 4) is 0 Å². The number of likely N-dealkylation sites (N-methyl/N-ethyl adjacent to an activating group) is 1. The van der Waals surface area contributed by atoms with E-state index in [0.717, 1.165) is 10.4 Å². The van der Waals surface area contributed by atoms with Crippen LogP contribution >= 0.6 is 0 Å². The molecular formula is C11H17FN2O3S. The maximum absolute atomic E-state index is 13.3. The number of hydrogen-bond acceptors (Lipinski definition) is 4. The lowest BCUT2D eigenvalue weighted by molar-refractivity contribution is 0.214. The molecule has 0 aliphatic rings. The Labute approximate surface area is 106 Å². The number of sulfonamides is 1. The van der Waals surface area contributed by atoms with E-state index in [0.29, 0.717) is 0 Å². The minimum atomic E-state index is -3.75. The third-order valence-electron chi connectivity index (χ3n) is 2.80. The van der Waals surface area contributed by atoms with Gasteiger partial charge in [-0.3, -0.25) is 0 Å². The zero-order valence-electron chi connectivity index (χ0n) is 10.3. The summed E-state index contributed by atoms with van der Waals surface area (Å²) in [6, 6.07) is 2.92. The topological polar surface area (TPSA) is 83.6 Å². The van der Waals surface area contributed by atoms with Gasteiger partial charge in [-0.05, 0) is 25.1 Å². The van der Waals surface area contributed by atoms with E-state index in [4.69, 9.17) is 10.8 Å². The molecule has 7 heteroatoms. The minimum absolute atomic E-state index is 0.0350. The maximum atomic E-state index is 13.3. The van der Waals surface area contributed by atoms with Crippen molar-refractivity contribution in [2.24, 2.45) is 5.73 Å². The number of nitrogens with zero attached hydrogens (tertiary/aromatic N) is 1. The molecule has 102 valence electrons. The van der Waals surface area contributed by atoms with Crippen LogP contribution in [-0.4, -0.2) is 37.5 Å². The van der Waals surface area contributed by atoms with Crippen molar-refractivity contribution in [3.63, 3.8) is 0 Å². The molecular weight excluding hydrogens is 259 g/mol. The Hall–Kier alpha value is -1.02. The Bertz CT molecular complexity index is 519. The van der Waals surface area contributed by atoms with Gasteiger partial charge in [0.1, 0.15) is 5.82 Å². The first-order valence-electron chi connectivity index (χ1n) is 5.42. The molecule has 0 aromatic heterocycles. The number of rotatable bonds is 5. The van der Waals surface area contributed by atoms with Crippen LogP contribution in [0.4, 0.5) is 4.39 Å². The first-order chi connectivity index (χ1) is 8.34. The van der Waals surface area contributed by atoms with Crippen molar-refractivity contribution in [3.05, 3.63) is 29.6 Å². The van der Waals surface area contributed by atoms with Crippen LogP contribution in [-0.2, 0) is 16.6 Å². The van der Waals surface area contributed by atoms with E-state index in [9.17, 15) is 12.8 Å². The van der Waals surface area contributed by atoms with Gasteiger partial charge in [0.2, 0.25) is 10.0 Å². The van der Waals surface area contributed by atoms with Crippen molar-refractivity contribution in [2.75, 3.05) is 13.7 Å². The molecule has 0 saturated carbocycles. The van der Waals surface area contributed by atoms with E-state index in [-0.39, 0.29) is 23.6 Å². The van der Waals surface area contributed by atoms with Crippen LogP contribution in [0.15, 0.2) is 23.1 Å². The molecule has 3 N–H and O–H groups in total. The second-order valence-corrected chi connectivity index (χ2v) is 6.01. The molecule has 0 radical (unpaired) electrons. The van der Waals surface area contributed by atoms with Crippen LogP contribution in [0.2, 0.25) is 0 Å². The van der Waals surface area contributed by atoms with Gasteiger partial charge in [-0.1, -0.05) is 0 Å². The zero-order chi connectivity index (χ0) is 13.9. The summed E-state index contributed by atoms with van der Waals surface area (Å²) in [5.41, 5.74) is 5.48. The molecule has 1 unspecified atom stereocenters. The van der Waals surface area contributed by atoms with Crippen LogP contribution in [0.1, 0.15) is 12.5 Å². The van der Waals surface area contributed by atoms with Gasteiger partial charge in [-0.2, -0.15) is 4.31 Å². The molecule has 1 rings (SSSR count). The van der Waals surface area contributed by atoms with Crippen molar-refractivity contribution in [1.82, 2.24) is 4.31 Å². The smallest absolute Gasteiger partial charge is 0.243 e. The third kappa shape index (κ3) is 2.86. The maximum Gasteiger partial charge on any atom is 0.243 e. The van der Waals surface area contributed by atoms with Crippen molar-refractivity contribution < 1.29 is 17.9 Å². The van der Waals surface area contributed by atoms with Gasteiger partial charge in [-0.15, -0.1) is 0 Å². The Morgan fingerprint density at radius 3 is 2.61 bits per heavy atom. The lowest BCUT2D eigenvalue weighted by Gasteiger charge is -2.22. The van der Waals surface area contributed by atoms with E-state index < -0.39 is 21.9 Å². The van der Waals surface area contributed by atoms with Gasteiger partial charge < -0.3 is 10.8 Å². The molecule has 5 nitrogen and oxygen atoms in total. The van der Waals surface area contributed by atoms with Crippen LogP contribution in [0.25, 0.3) is 0 Å². The number of benzene rings is 1. The van der Waals surface area contributed by atoms with Gasteiger partial charge in [0.15, 0.2) is 0 Å². The van der Waals surface area contributed by atoms with E-state index in [1.54, 1.807) is 6.92 Å². The van der Waals surface area contributed by atoms with Gasteiger partial charge >= 0.3 is 0 Å². The lowest BCUT2D eigenvalue weighted by atomic mass is 10.2. The molecule has 1 aromatic rings. The zero-order valence-corrected chi connectivity index (χ0v) is 11.1. The molecule has 18 heavy (non-hydrogen) atoms. The molecule has 1 aromatic carbocycles. The van der Waals surface area contributed by atoms with Crippen LogP contribution in [0, 0.1) is 5.82 Å². The third-order valence-corrected chi connectivity index (χ3v) is 4.77. The van der Waals surface area contributed by atoms with Crippen LogP contribution in [0.5, 0.6) is 0 Å².